The zero-order chi connectivity index (χ0) is 19.2. The Balaban J connectivity index is 1.61. The van der Waals surface area contributed by atoms with Gasteiger partial charge in [-0.05, 0) is 35.6 Å². The van der Waals surface area contributed by atoms with Crippen LogP contribution in [-0.2, 0) is 6.42 Å². The molecule has 8 nitrogen and oxygen atoms in total. The predicted octanol–water partition coefficient (Wildman–Crippen LogP) is 3.93. The predicted molar refractivity (Wildman–Crippen MR) is 101 cm³/mol. The van der Waals surface area contributed by atoms with E-state index in [4.69, 9.17) is 4.42 Å². The number of rotatable bonds is 7. The minimum atomic E-state index is -0.528. The van der Waals surface area contributed by atoms with Crippen molar-refractivity contribution in [2.45, 2.75) is 18.2 Å². The van der Waals surface area contributed by atoms with E-state index in [-0.39, 0.29) is 17.3 Å². The van der Waals surface area contributed by atoms with E-state index in [0.29, 0.717) is 12.3 Å². The van der Waals surface area contributed by atoms with Gasteiger partial charge in [-0.3, -0.25) is 20.2 Å². The molecule has 0 saturated heterocycles. The third-order valence-corrected chi connectivity index (χ3v) is 4.51. The molecule has 1 amide bonds. The van der Waals surface area contributed by atoms with Crippen molar-refractivity contribution in [2.75, 3.05) is 11.1 Å². The van der Waals surface area contributed by atoms with Gasteiger partial charge in [0.15, 0.2) is 0 Å². The van der Waals surface area contributed by atoms with Gasteiger partial charge in [-0.25, -0.2) is 0 Å². The molecule has 1 heterocycles. The van der Waals surface area contributed by atoms with E-state index < -0.39 is 10.8 Å². The number of anilines is 1. The maximum Gasteiger partial charge on any atom is 0.322 e. The van der Waals surface area contributed by atoms with Crippen molar-refractivity contribution in [1.29, 1.82) is 0 Å². The number of thioether (sulfide) groups is 1. The fourth-order valence-corrected chi connectivity index (χ4v) is 2.99. The maximum absolute atomic E-state index is 12.2. The summed E-state index contributed by atoms with van der Waals surface area (Å²) in [7, 11) is 0. The largest absolute Gasteiger partial charge is 0.407 e. The fourth-order valence-electron chi connectivity index (χ4n) is 2.32. The molecule has 0 saturated carbocycles. The molecule has 0 atom stereocenters. The Morgan fingerprint density at radius 1 is 1.15 bits per heavy atom. The average Bonchev–Trinajstić information content (AvgIpc) is 3.10. The van der Waals surface area contributed by atoms with Crippen molar-refractivity contribution in [3.05, 3.63) is 75.7 Å². The summed E-state index contributed by atoms with van der Waals surface area (Å²) in [6.45, 7) is 2.10. The van der Waals surface area contributed by atoms with Crippen molar-refractivity contribution in [2.24, 2.45) is 0 Å². The molecule has 3 aromatic rings. The molecule has 1 N–H and O–H groups in total. The highest BCUT2D eigenvalue weighted by Crippen LogP contribution is 2.19. The summed E-state index contributed by atoms with van der Waals surface area (Å²) >= 11 is 1.77. The smallest absolute Gasteiger partial charge is 0.322 e. The van der Waals surface area contributed by atoms with Gasteiger partial charge < -0.3 is 4.42 Å². The van der Waals surface area contributed by atoms with E-state index in [1.807, 2.05) is 24.3 Å². The Hall–Kier alpha value is -3.20. The zero-order valence-corrected chi connectivity index (χ0v) is 15.2. The van der Waals surface area contributed by atoms with Gasteiger partial charge in [0.25, 0.3) is 11.6 Å². The highest BCUT2D eigenvalue weighted by Gasteiger charge is 2.13. The second kappa shape index (κ2) is 8.45. The van der Waals surface area contributed by atoms with Gasteiger partial charge >= 0.3 is 6.01 Å². The van der Waals surface area contributed by atoms with Crippen LogP contribution in [0.3, 0.4) is 0 Å². The quantitative estimate of drug-likeness (QED) is 0.373. The Morgan fingerprint density at radius 2 is 1.85 bits per heavy atom. The minimum absolute atomic E-state index is 0.0217. The first kappa shape index (κ1) is 18.6. The van der Waals surface area contributed by atoms with Crippen molar-refractivity contribution in [3.8, 4) is 0 Å². The lowest BCUT2D eigenvalue weighted by Gasteiger charge is -2.01. The van der Waals surface area contributed by atoms with E-state index >= 15 is 0 Å². The second-order valence-electron chi connectivity index (χ2n) is 5.51. The molecular formula is C18H16N4O4S. The monoisotopic (exact) mass is 384 g/mol. The number of nitro groups is 1. The van der Waals surface area contributed by atoms with Crippen molar-refractivity contribution in [1.82, 2.24) is 10.2 Å². The van der Waals surface area contributed by atoms with Crippen LogP contribution in [0.5, 0.6) is 0 Å². The number of hydrogen-bond acceptors (Lipinski definition) is 7. The Morgan fingerprint density at radius 3 is 2.48 bits per heavy atom. The first-order chi connectivity index (χ1) is 13.0. The van der Waals surface area contributed by atoms with Gasteiger partial charge in [-0.1, -0.05) is 24.2 Å². The molecule has 1 aromatic heterocycles. The summed E-state index contributed by atoms with van der Waals surface area (Å²) < 4.78 is 5.45. The number of hydrogen-bond donors (Lipinski definition) is 1. The van der Waals surface area contributed by atoms with Crippen LogP contribution in [0.15, 0.2) is 57.8 Å². The highest BCUT2D eigenvalue weighted by molar-refractivity contribution is 7.99. The molecule has 0 bridgehead atoms. The van der Waals surface area contributed by atoms with E-state index in [0.717, 1.165) is 11.3 Å². The molecular weight excluding hydrogens is 368 g/mol. The summed E-state index contributed by atoms with van der Waals surface area (Å²) in [5.41, 5.74) is 1.19. The summed E-state index contributed by atoms with van der Waals surface area (Å²) in [5.74, 6) is 0.909. The number of aromatic nitrogens is 2. The molecule has 9 heteroatoms. The zero-order valence-electron chi connectivity index (χ0n) is 14.4. The van der Waals surface area contributed by atoms with E-state index in [9.17, 15) is 14.9 Å². The minimum Gasteiger partial charge on any atom is -0.407 e. The summed E-state index contributed by atoms with van der Waals surface area (Å²) in [6, 6.07) is 13.3. The maximum atomic E-state index is 12.2. The molecule has 0 radical (unpaired) electrons. The van der Waals surface area contributed by atoms with Crippen LogP contribution < -0.4 is 5.32 Å². The number of carbonyl (C=O) groups is 1. The molecule has 0 unspecified atom stereocenters. The van der Waals surface area contributed by atoms with Gasteiger partial charge in [0.2, 0.25) is 5.89 Å². The summed E-state index contributed by atoms with van der Waals surface area (Å²) in [4.78, 5) is 23.5. The van der Waals surface area contributed by atoms with Crippen LogP contribution in [0.25, 0.3) is 0 Å². The normalized spacial score (nSPS) is 10.6. The fraction of sp³-hybridized carbons (Fsp3) is 0.167. The molecule has 138 valence electrons. The SMILES string of the molecule is CCSc1ccc(Cc2nnc(NC(=O)c3ccc([N+](=O)[O-])cc3)o2)cc1. The lowest BCUT2D eigenvalue weighted by atomic mass is 10.1. The molecule has 0 fully saturated rings. The second-order valence-corrected chi connectivity index (χ2v) is 6.85. The molecule has 3 rings (SSSR count). The molecule has 0 aliphatic heterocycles. The lowest BCUT2D eigenvalue weighted by molar-refractivity contribution is -0.384. The Bertz CT molecular complexity index is 939. The van der Waals surface area contributed by atoms with E-state index in [1.54, 1.807) is 11.8 Å². The molecule has 27 heavy (non-hydrogen) atoms. The topological polar surface area (TPSA) is 111 Å². The van der Waals surface area contributed by atoms with Crippen molar-refractivity contribution in [3.63, 3.8) is 0 Å². The standard InChI is InChI=1S/C18H16N4O4S/c1-2-27-15-9-3-12(4-10-15)11-16-20-21-18(26-16)19-17(23)13-5-7-14(8-6-13)22(24)25/h3-10H,2,11H2,1H3,(H,19,21,23). The Kier molecular flexibility index (Phi) is 5.82. The van der Waals surface area contributed by atoms with E-state index in [2.05, 4.69) is 22.4 Å². The van der Waals surface area contributed by atoms with Crippen LogP contribution >= 0.6 is 11.8 Å². The lowest BCUT2D eigenvalue weighted by Crippen LogP contribution is -2.12. The van der Waals surface area contributed by atoms with Crippen LogP contribution in [0.4, 0.5) is 11.7 Å². The number of carbonyl (C=O) groups excluding carboxylic acids is 1. The first-order valence-corrected chi connectivity index (χ1v) is 9.13. The number of non-ortho nitro benzene ring substituents is 1. The van der Waals surface area contributed by atoms with Crippen molar-refractivity contribution < 1.29 is 14.1 Å². The van der Waals surface area contributed by atoms with Crippen LogP contribution in [-0.4, -0.2) is 26.8 Å². The van der Waals surface area contributed by atoms with Gasteiger partial charge in [-0.2, -0.15) is 0 Å². The Labute approximate surface area is 159 Å². The average molecular weight is 384 g/mol. The van der Waals surface area contributed by atoms with Gasteiger partial charge in [0, 0.05) is 22.6 Å². The number of nitro benzene ring substituents is 1. The van der Waals surface area contributed by atoms with Gasteiger partial charge in [0.1, 0.15) is 0 Å². The molecule has 0 aliphatic carbocycles. The number of nitrogens with one attached hydrogen (secondary N) is 1. The molecule has 0 spiro atoms. The van der Waals surface area contributed by atoms with Crippen molar-refractivity contribution >= 4 is 29.4 Å². The number of amides is 1. The first-order valence-electron chi connectivity index (χ1n) is 8.15. The third-order valence-electron chi connectivity index (χ3n) is 3.62. The van der Waals surface area contributed by atoms with Crippen LogP contribution in [0.2, 0.25) is 0 Å². The summed E-state index contributed by atoms with van der Waals surface area (Å²) in [5, 5.41) is 20.9. The van der Waals surface area contributed by atoms with Gasteiger partial charge in [0.05, 0.1) is 11.3 Å². The highest BCUT2D eigenvalue weighted by atomic mass is 32.2. The van der Waals surface area contributed by atoms with E-state index in [1.165, 1.54) is 29.2 Å². The summed E-state index contributed by atoms with van der Waals surface area (Å²) in [6.07, 6.45) is 0.456. The number of benzene rings is 2. The number of nitrogens with zero attached hydrogens (tertiary/aromatic N) is 3. The third kappa shape index (κ3) is 4.91. The molecule has 0 aliphatic rings. The van der Waals surface area contributed by atoms with Crippen LogP contribution in [0.1, 0.15) is 28.7 Å². The van der Waals surface area contributed by atoms with Crippen LogP contribution in [0, 0.1) is 10.1 Å². The molecule has 2 aromatic carbocycles. The van der Waals surface area contributed by atoms with Gasteiger partial charge in [-0.15, -0.1) is 16.9 Å².